The van der Waals surface area contributed by atoms with Crippen LogP contribution in [0.1, 0.15) is 328 Å². The van der Waals surface area contributed by atoms with E-state index in [2.05, 4.69) is 19.2 Å². The number of carbonyl (C=O) groups is 2. The topological polar surface area (TPSA) is 175 Å². The van der Waals surface area contributed by atoms with Crippen LogP contribution in [0, 0.1) is 0 Å². The lowest BCUT2D eigenvalue weighted by Crippen LogP contribution is -2.60. The molecular weight excluding hydrogens is 955 g/mol. The van der Waals surface area contributed by atoms with Crippen LogP contribution >= 0.6 is 0 Å². The van der Waals surface area contributed by atoms with Crippen LogP contribution in [0.3, 0.4) is 0 Å². The summed E-state index contributed by atoms with van der Waals surface area (Å²) in [5, 5.41) is 54.5. The van der Waals surface area contributed by atoms with E-state index in [0.717, 1.165) is 57.8 Å². The van der Waals surface area contributed by atoms with Gasteiger partial charge >= 0.3 is 5.97 Å². The number of carbonyl (C=O) groups excluding carboxylic acids is 2. The third kappa shape index (κ3) is 44.2. The minimum Gasteiger partial charge on any atom is -0.466 e. The van der Waals surface area contributed by atoms with Gasteiger partial charge in [0, 0.05) is 12.8 Å². The summed E-state index contributed by atoms with van der Waals surface area (Å²) in [7, 11) is 0. The van der Waals surface area contributed by atoms with Gasteiger partial charge in [0.2, 0.25) is 5.91 Å². The molecule has 0 aromatic rings. The van der Waals surface area contributed by atoms with Crippen molar-refractivity contribution in [3.05, 3.63) is 12.2 Å². The molecule has 1 aliphatic heterocycles. The third-order valence-corrected chi connectivity index (χ3v) is 15.9. The smallest absolute Gasteiger partial charge is 0.305 e. The molecule has 0 aromatic carbocycles. The highest BCUT2D eigenvalue weighted by Gasteiger charge is 2.44. The lowest BCUT2D eigenvalue weighted by Gasteiger charge is -2.40. The Hall–Kier alpha value is -1.60. The predicted octanol–water partition coefficient (Wildman–Crippen LogP) is 15.9. The number of aliphatic hydroxyl groups excluding tert-OH is 5. The highest BCUT2D eigenvalue weighted by Crippen LogP contribution is 2.23. The Balaban J connectivity index is 2.03. The second-order valence-electron chi connectivity index (χ2n) is 23.2. The van der Waals surface area contributed by atoms with Crippen LogP contribution in [-0.4, -0.2) is 100 Å². The Kier molecular flexibility index (Phi) is 52.7. The highest BCUT2D eigenvalue weighted by atomic mass is 16.7. The average Bonchev–Trinajstić information content (AvgIpc) is 3.42. The summed E-state index contributed by atoms with van der Waals surface area (Å²) in [6.07, 6.45) is 56.0. The molecule has 0 aliphatic carbocycles. The molecule has 0 bridgehead atoms. The number of unbranched alkanes of at least 4 members (excludes halogenated alkanes) is 44. The number of hydrogen-bond donors (Lipinski definition) is 6. The number of rotatable bonds is 58. The number of nitrogens with one attached hydrogen (secondary N) is 1. The van der Waals surface area contributed by atoms with E-state index in [1.807, 2.05) is 6.08 Å². The van der Waals surface area contributed by atoms with E-state index in [-0.39, 0.29) is 18.5 Å². The molecule has 1 saturated heterocycles. The van der Waals surface area contributed by atoms with Crippen LogP contribution in [0.15, 0.2) is 12.2 Å². The van der Waals surface area contributed by atoms with Gasteiger partial charge in [0.25, 0.3) is 0 Å². The van der Waals surface area contributed by atoms with E-state index < -0.39 is 49.5 Å². The Morgan fingerprint density at radius 3 is 1.22 bits per heavy atom. The van der Waals surface area contributed by atoms with E-state index in [1.54, 1.807) is 6.08 Å². The number of amides is 1. The van der Waals surface area contributed by atoms with Crippen molar-refractivity contribution in [2.75, 3.05) is 19.8 Å². The SMILES string of the molecule is CCCCCCCCCCCCCC/C=C/C(O)C(COC1OC(CO)C(O)C(O)C1O)NC(=O)CCCCCCCCCCCCCCCCCCCCCCCCCOC(=O)CCCCCCCCCCCCC. The Morgan fingerprint density at radius 1 is 0.474 bits per heavy atom. The number of allylic oxidation sites excluding steroid dienone is 1. The van der Waals surface area contributed by atoms with E-state index in [0.29, 0.717) is 19.4 Å². The minimum absolute atomic E-state index is 0.00308. The molecule has 450 valence electrons. The van der Waals surface area contributed by atoms with E-state index in [9.17, 15) is 35.1 Å². The molecular formula is C65H125NO10. The molecule has 1 fully saturated rings. The maximum atomic E-state index is 13.1. The summed E-state index contributed by atoms with van der Waals surface area (Å²) in [5.41, 5.74) is 0. The van der Waals surface area contributed by atoms with Gasteiger partial charge in [-0.15, -0.1) is 0 Å². The van der Waals surface area contributed by atoms with Crippen LogP contribution in [0.5, 0.6) is 0 Å². The van der Waals surface area contributed by atoms with Gasteiger partial charge in [-0.2, -0.15) is 0 Å². The summed E-state index contributed by atoms with van der Waals surface area (Å²) < 4.78 is 16.7. The zero-order valence-electron chi connectivity index (χ0n) is 49.7. The number of hydrogen-bond acceptors (Lipinski definition) is 10. The number of aliphatic hydroxyl groups is 5. The van der Waals surface area contributed by atoms with Crippen molar-refractivity contribution in [3.8, 4) is 0 Å². The molecule has 1 aliphatic rings. The fourth-order valence-corrected chi connectivity index (χ4v) is 10.7. The van der Waals surface area contributed by atoms with Crippen LogP contribution in [0.2, 0.25) is 0 Å². The molecule has 7 unspecified atom stereocenters. The highest BCUT2D eigenvalue weighted by molar-refractivity contribution is 5.76. The maximum absolute atomic E-state index is 13.1. The maximum Gasteiger partial charge on any atom is 0.305 e. The molecule has 11 heteroatoms. The van der Waals surface area contributed by atoms with Gasteiger partial charge in [0.15, 0.2) is 6.29 Å². The zero-order chi connectivity index (χ0) is 55.2. The first-order chi connectivity index (χ1) is 37.2. The molecule has 0 saturated carbocycles. The predicted molar refractivity (Wildman–Crippen MR) is 315 cm³/mol. The normalized spacial score (nSPS) is 18.6. The van der Waals surface area contributed by atoms with Crippen molar-refractivity contribution in [2.45, 2.75) is 371 Å². The van der Waals surface area contributed by atoms with Gasteiger partial charge in [-0.1, -0.05) is 296 Å². The summed E-state index contributed by atoms with van der Waals surface area (Å²) in [6.45, 7) is 4.37. The Morgan fingerprint density at radius 2 is 0.829 bits per heavy atom. The van der Waals surface area contributed by atoms with E-state index >= 15 is 0 Å². The average molecular weight is 1080 g/mol. The molecule has 0 spiro atoms. The Bertz CT molecular complexity index is 1270. The van der Waals surface area contributed by atoms with Crippen LogP contribution in [0.25, 0.3) is 0 Å². The molecule has 6 N–H and O–H groups in total. The van der Waals surface area contributed by atoms with E-state index in [1.165, 1.54) is 244 Å². The van der Waals surface area contributed by atoms with Crippen LogP contribution < -0.4 is 5.32 Å². The van der Waals surface area contributed by atoms with Crippen molar-refractivity contribution >= 4 is 11.9 Å². The zero-order valence-corrected chi connectivity index (χ0v) is 49.7. The molecule has 11 nitrogen and oxygen atoms in total. The first-order valence-electron chi connectivity index (χ1n) is 33.0. The minimum atomic E-state index is -1.57. The summed E-state index contributed by atoms with van der Waals surface area (Å²) >= 11 is 0. The van der Waals surface area contributed by atoms with Crippen molar-refractivity contribution in [1.82, 2.24) is 5.32 Å². The van der Waals surface area contributed by atoms with Crippen molar-refractivity contribution < 1.29 is 49.3 Å². The Labute approximate surface area is 468 Å². The fraction of sp³-hybridized carbons (Fsp3) is 0.938. The van der Waals surface area contributed by atoms with E-state index in [4.69, 9.17) is 14.2 Å². The molecule has 76 heavy (non-hydrogen) atoms. The second kappa shape index (κ2) is 55.3. The first kappa shape index (κ1) is 72.4. The standard InChI is InChI=1S/C65H125NO10/c1-3-5-7-9-11-13-15-16-28-32-35-39-43-47-51-58(68)57(56-75-65-64(73)63(72)62(71)59(55-67)76-65)66-60(69)52-48-44-40-36-33-29-26-24-22-20-18-17-19-21-23-25-27-30-34-38-42-46-50-54-74-61(70)53-49-45-41-37-31-14-12-10-8-6-4-2/h47,51,57-59,62-65,67-68,71-73H,3-46,48-50,52-56H2,1-2H3,(H,66,69)/b51-47+. The summed E-state index contributed by atoms with van der Waals surface area (Å²) in [6, 6.07) is -0.809. The summed E-state index contributed by atoms with van der Waals surface area (Å²) in [5.74, 6) is -0.175. The molecule has 1 amide bonds. The molecule has 0 aromatic heterocycles. The van der Waals surface area contributed by atoms with Crippen LogP contribution in [-0.2, 0) is 23.8 Å². The molecule has 7 atom stereocenters. The van der Waals surface area contributed by atoms with Crippen molar-refractivity contribution in [1.29, 1.82) is 0 Å². The monoisotopic (exact) mass is 1080 g/mol. The fourth-order valence-electron chi connectivity index (χ4n) is 10.7. The largest absolute Gasteiger partial charge is 0.466 e. The molecule has 1 rings (SSSR count). The second-order valence-corrected chi connectivity index (χ2v) is 23.2. The van der Waals surface area contributed by atoms with Crippen molar-refractivity contribution in [3.63, 3.8) is 0 Å². The van der Waals surface area contributed by atoms with Gasteiger partial charge in [0.1, 0.15) is 24.4 Å². The number of ether oxygens (including phenoxy) is 3. The quantitative estimate of drug-likeness (QED) is 0.0195. The van der Waals surface area contributed by atoms with Gasteiger partial charge in [-0.05, 0) is 32.1 Å². The van der Waals surface area contributed by atoms with Gasteiger partial charge in [-0.25, -0.2) is 0 Å². The first-order valence-corrected chi connectivity index (χ1v) is 33.0. The summed E-state index contributed by atoms with van der Waals surface area (Å²) in [4.78, 5) is 25.1. The van der Waals surface area contributed by atoms with Gasteiger partial charge in [-0.3, -0.25) is 9.59 Å². The lowest BCUT2D eigenvalue weighted by atomic mass is 9.99. The van der Waals surface area contributed by atoms with Crippen molar-refractivity contribution in [2.24, 2.45) is 0 Å². The molecule has 0 radical (unpaired) electrons. The van der Waals surface area contributed by atoms with Gasteiger partial charge < -0.3 is 45.1 Å². The van der Waals surface area contributed by atoms with Crippen LogP contribution in [0.4, 0.5) is 0 Å². The van der Waals surface area contributed by atoms with Gasteiger partial charge in [0.05, 0.1) is 32.0 Å². The lowest BCUT2D eigenvalue weighted by molar-refractivity contribution is -0.302. The number of esters is 1. The molecule has 1 heterocycles. The third-order valence-electron chi connectivity index (χ3n) is 15.9.